The number of nitrogens with two attached hydrogens (primary N) is 1. The van der Waals surface area contributed by atoms with Gasteiger partial charge < -0.3 is 5.73 Å². The molecule has 74 valence electrons. The first-order valence-corrected chi connectivity index (χ1v) is 4.45. The minimum absolute atomic E-state index is 0.0651. The van der Waals surface area contributed by atoms with Crippen LogP contribution in [-0.2, 0) is 13.6 Å². The lowest BCUT2D eigenvalue weighted by Gasteiger charge is -2.03. The summed E-state index contributed by atoms with van der Waals surface area (Å²) in [6.07, 6.45) is 3.34. The molecule has 0 fully saturated rings. The summed E-state index contributed by atoms with van der Waals surface area (Å²) in [7, 11) is 1.69. The van der Waals surface area contributed by atoms with E-state index in [0.29, 0.717) is 6.54 Å². The van der Waals surface area contributed by atoms with Gasteiger partial charge in [0.15, 0.2) is 0 Å². The van der Waals surface area contributed by atoms with Gasteiger partial charge in [-0.1, -0.05) is 0 Å². The van der Waals surface area contributed by atoms with Crippen LogP contribution in [-0.4, -0.2) is 20.4 Å². The van der Waals surface area contributed by atoms with Crippen molar-refractivity contribution < 1.29 is 0 Å². The molecule has 1 rings (SSSR count). The van der Waals surface area contributed by atoms with Crippen molar-refractivity contribution >= 4 is 0 Å². The number of aromatic nitrogens is 3. The molecule has 0 aliphatic heterocycles. The van der Waals surface area contributed by atoms with E-state index >= 15 is 0 Å². The van der Waals surface area contributed by atoms with Crippen LogP contribution in [0.25, 0.3) is 0 Å². The highest BCUT2D eigenvalue weighted by Crippen LogP contribution is 1.94. The lowest BCUT2D eigenvalue weighted by molar-refractivity contribution is 0.510. The summed E-state index contributed by atoms with van der Waals surface area (Å²) in [4.78, 5) is 11.3. The Morgan fingerprint density at radius 3 is 2.85 bits per heavy atom. The van der Waals surface area contributed by atoms with E-state index in [-0.39, 0.29) is 11.7 Å². The molecule has 13 heavy (non-hydrogen) atoms. The summed E-state index contributed by atoms with van der Waals surface area (Å²) in [6.45, 7) is 2.61. The van der Waals surface area contributed by atoms with Crippen LogP contribution in [0.2, 0.25) is 0 Å². The first kappa shape index (κ1) is 9.98. The Labute approximate surface area is 77.2 Å². The fourth-order valence-corrected chi connectivity index (χ4v) is 1.14. The van der Waals surface area contributed by atoms with E-state index in [2.05, 4.69) is 5.10 Å². The highest BCUT2D eigenvalue weighted by molar-refractivity contribution is 4.65. The van der Waals surface area contributed by atoms with E-state index in [9.17, 15) is 4.79 Å². The molecule has 1 aromatic rings. The summed E-state index contributed by atoms with van der Waals surface area (Å²) >= 11 is 0. The zero-order chi connectivity index (χ0) is 9.84. The number of nitrogens with zero attached hydrogens (tertiary/aromatic N) is 3. The van der Waals surface area contributed by atoms with E-state index in [1.165, 1.54) is 15.6 Å². The van der Waals surface area contributed by atoms with Crippen molar-refractivity contribution in [2.75, 3.05) is 0 Å². The molecule has 0 saturated heterocycles. The average Bonchev–Trinajstić information content (AvgIpc) is 2.35. The first-order chi connectivity index (χ1) is 6.11. The predicted octanol–water partition coefficient (Wildman–Crippen LogP) is -0.291. The Morgan fingerprint density at radius 2 is 2.38 bits per heavy atom. The quantitative estimate of drug-likeness (QED) is 0.699. The fraction of sp³-hybridized carbons (Fsp3) is 0.750. The SMILES string of the molecule is CC(N)CCCn1ncn(C)c1=O. The normalized spacial score (nSPS) is 13.2. The van der Waals surface area contributed by atoms with E-state index in [1.807, 2.05) is 6.92 Å². The van der Waals surface area contributed by atoms with Gasteiger partial charge in [0.05, 0.1) is 0 Å². The zero-order valence-corrected chi connectivity index (χ0v) is 8.10. The molecule has 0 spiro atoms. The molecule has 0 bridgehead atoms. The van der Waals surface area contributed by atoms with Gasteiger partial charge in [-0.15, -0.1) is 0 Å². The molecule has 1 aromatic heterocycles. The summed E-state index contributed by atoms with van der Waals surface area (Å²) in [6, 6.07) is 0.194. The van der Waals surface area contributed by atoms with E-state index < -0.39 is 0 Å². The Morgan fingerprint density at radius 1 is 1.69 bits per heavy atom. The average molecular weight is 184 g/mol. The zero-order valence-electron chi connectivity index (χ0n) is 8.10. The second-order valence-corrected chi connectivity index (χ2v) is 3.37. The molecule has 5 nitrogen and oxygen atoms in total. The first-order valence-electron chi connectivity index (χ1n) is 4.45. The molecule has 0 saturated carbocycles. The van der Waals surface area contributed by atoms with Crippen LogP contribution in [0.1, 0.15) is 19.8 Å². The summed E-state index contributed by atoms with van der Waals surface area (Å²) in [5.74, 6) is 0. The summed E-state index contributed by atoms with van der Waals surface area (Å²) < 4.78 is 2.92. The topological polar surface area (TPSA) is 65.8 Å². The number of aryl methyl sites for hydroxylation is 2. The molecule has 0 aliphatic carbocycles. The second-order valence-electron chi connectivity index (χ2n) is 3.37. The maximum absolute atomic E-state index is 11.3. The van der Waals surface area contributed by atoms with Gasteiger partial charge in [-0.2, -0.15) is 5.10 Å². The van der Waals surface area contributed by atoms with Gasteiger partial charge in [-0.3, -0.25) is 4.57 Å². The monoisotopic (exact) mass is 184 g/mol. The van der Waals surface area contributed by atoms with Crippen LogP contribution in [0.3, 0.4) is 0 Å². The van der Waals surface area contributed by atoms with Gasteiger partial charge in [0.1, 0.15) is 6.33 Å². The number of hydrogen-bond donors (Lipinski definition) is 1. The maximum Gasteiger partial charge on any atom is 0.345 e. The van der Waals surface area contributed by atoms with Crippen molar-refractivity contribution in [3.05, 3.63) is 16.8 Å². The van der Waals surface area contributed by atoms with Gasteiger partial charge in [0.2, 0.25) is 0 Å². The third-order valence-electron chi connectivity index (χ3n) is 1.92. The molecule has 0 aromatic carbocycles. The van der Waals surface area contributed by atoms with E-state index in [0.717, 1.165) is 12.8 Å². The minimum Gasteiger partial charge on any atom is -0.328 e. The largest absolute Gasteiger partial charge is 0.345 e. The summed E-state index contributed by atoms with van der Waals surface area (Å²) in [5.41, 5.74) is 5.52. The van der Waals surface area contributed by atoms with Crippen molar-refractivity contribution in [2.24, 2.45) is 12.8 Å². The highest BCUT2D eigenvalue weighted by atomic mass is 16.2. The van der Waals surface area contributed by atoms with E-state index in [1.54, 1.807) is 7.05 Å². The molecule has 5 heteroatoms. The smallest absolute Gasteiger partial charge is 0.328 e. The van der Waals surface area contributed by atoms with Crippen LogP contribution < -0.4 is 11.4 Å². The highest BCUT2D eigenvalue weighted by Gasteiger charge is 2.01. The summed E-state index contributed by atoms with van der Waals surface area (Å²) in [5, 5.41) is 3.94. The van der Waals surface area contributed by atoms with Gasteiger partial charge >= 0.3 is 5.69 Å². The molecule has 0 amide bonds. The molecule has 1 unspecified atom stereocenters. The van der Waals surface area contributed by atoms with Crippen LogP contribution in [0.5, 0.6) is 0 Å². The standard InChI is InChI=1S/C8H16N4O/c1-7(9)4-3-5-12-8(13)11(2)6-10-12/h6-7H,3-5,9H2,1-2H3. The molecule has 2 N–H and O–H groups in total. The maximum atomic E-state index is 11.3. The second kappa shape index (κ2) is 4.23. The van der Waals surface area contributed by atoms with Crippen molar-refractivity contribution in [1.29, 1.82) is 0 Å². The Hall–Kier alpha value is -1.10. The Kier molecular flexibility index (Phi) is 3.25. The fourth-order valence-electron chi connectivity index (χ4n) is 1.14. The van der Waals surface area contributed by atoms with Gasteiger partial charge in [0.25, 0.3) is 0 Å². The molecule has 1 heterocycles. The molecular weight excluding hydrogens is 168 g/mol. The van der Waals surface area contributed by atoms with E-state index in [4.69, 9.17) is 5.73 Å². The van der Waals surface area contributed by atoms with Crippen molar-refractivity contribution in [2.45, 2.75) is 32.4 Å². The molecular formula is C8H16N4O. The lowest BCUT2D eigenvalue weighted by Crippen LogP contribution is -2.24. The Balaban J connectivity index is 2.46. The van der Waals surface area contributed by atoms with Gasteiger partial charge in [-0.05, 0) is 19.8 Å². The number of hydrogen-bond acceptors (Lipinski definition) is 3. The predicted molar refractivity (Wildman–Crippen MR) is 50.4 cm³/mol. The van der Waals surface area contributed by atoms with Gasteiger partial charge in [-0.25, -0.2) is 9.48 Å². The minimum atomic E-state index is -0.0651. The molecule has 1 atom stereocenters. The van der Waals surface area contributed by atoms with Crippen LogP contribution in [0.4, 0.5) is 0 Å². The number of rotatable bonds is 4. The Bertz CT molecular complexity index is 312. The lowest BCUT2D eigenvalue weighted by atomic mass is 10.2. The van der Waals surface area contributed by atoms with Gasteiger partial charge in [0, 0.05) is 19.6 Å². The van der Waals surface area contributed by atoms with Crippen LogP contribution in [0, 0.1) is 0 Å². The van der Waals surface area contributed by atoms with Crippen molar-refractivity contribution in [3.8, 4) is 0 Å². The van der Waals surface area contributed by atoms with Crippen molar-refractivity contribution in [1.82, 2.24) is 14.3 Å². The van der Waals surface area contributed by atoms with Crippen molar-refractivity contribution in [3.63, 3.8) is 0 Å². The van der Waals surface area contributed by atoms with Crippen LogP contribution in [0.15, 0.2) is 11.1 Å². The third-order valence-corrected chi connectivity index (χ3v) is 1.92. The van der Waals surface area contributed by atoms with Crippen LogP contribution >= 0.6 is 0 Å². The molecule has 0 radical (unpaired) electrons. The third kappa shape index (κ3) is 2.69. The molecule has 0 aliphatic rings.